The maximum atomic E-state index is 13.3. The summed E-state index contributed by atoms with van der Waals surface area (Å²) in [6, 6.07) is 8.42. The predicted molar refractivity (Wildman–Crippen MR) is 79.4 cm³/mol. The molecule has 112 valence electrons. The molecule has 0 fully saturated rings. The first kappa shape index (κ1) is 15.0. The number of hydrogen-bond donors (Lipinski definition) is 3. The van der Waals surface area contributed by atoms with Crippen LogP contribution in [-0.4, -0.2) is 16.8 Å². The zero-order chi connectivity index (χ0) is 15.4. The van der Waals surface area contributed by atoms with Gasteiger partial charge in [-0.25, -0.2) is 4.39 Å². The van der Waals surface area contributed by atoms with E-state index in [2.05, 4.69) is 5.32 Å². The lowest BCUT2D eigenvalue weighted by atomic mass is 10.1. The van der Waals surface area contributed by atoms with Gasteiger partial charge in [-0.1, -0.05) is 0 Å². The lowest BCUT2D eigenvalue weighted by Crippen LogP contribution is -2.08. The minimum absolute atomic E-state index is 0.000220. The summed E-state index contributed by atoms with van der Waals surface area (Å²) in [5.74, 6) is 0.0436. The molecule has 0 saturated carbocycles. The van der Waals surface area contributed by atoms with Crippen LogP contribution in [0.3, 0.4) is 0 Å². The van der Waals surface area contributed by atoms with E-state index in [4.69, 9.17) is 4.74 Å². The Morgan fingerprint density at radius 2 is 1.95 bits per heavy atom. The van der Waals surface area contributed by atoms with Gasteiger partial charge in [0.25, 0.3) is 0 Å². The van der Waals surface area contributed by atoms with E-state index in [1.807, 2.05) is 13.8 Å². The Morgan fingerprint density at radius 3 is 2.62 bits per heavy atom. The van der Waals surface area contributed by atoms with Gasteiger partial charge in [-0.15, -0.1) is 0 Å². The maximum Gasteiger partial charge on any atom is 0.145 e. The van der Waals surface area contributed by atoms with E-state index in [0.29, 0.717) is 23.6 Å². The second-order valence-corrected chi connectivity index (χ2v) is 4.68. The molecule has 0 aliphatic rings. The molecule has 0 heterocycles. The Balaban J connectivity index is 2.24. The lowest BCUT2D eigenvalue weighted by Gasteiger charge is -2.19. The molecule has 1 unspecified atom stereocenters. The number of hydrogen-bond acceptors (Lipinski definition) is 4. The summed E-state index contributed by atoms with van der Waals surface area (Å²) in [4.78, 5) is 0. The summed E-state index contributed by atoms with van der Waals surface area (Å²) >= 11 is 0. The first-order valence-electron chi connectivity index (χ1n) is 6.72. The van der Waals surface area contributed by atoms with Crippen molar-refractivity contribution in [1.29, 1.82) is 0 Å². The van der Waals surface area contributed by atoms with Crippen molar-refractivity contribution in [2.45, 2.75) is 19.9 Å². The second-order valence-electron chi connectivity index (χ2n) is 4.68. The van der Waals surface area contributed by atoms with Crippen LogP contribution in [0.5, 0.6) is 17.2 Å². The SMILES string of the molecule is CCOc1cc(F)ccc1NC(C)c1ccc(O)cc1O. The van der Waals surface area contributed by atoms with E-state index in [9.17, 15) is 14.6 Å². The number of anilines is 1. The lowest BCUT2D eigenvalue weighted by molar-refractivity contribution is 0.339. The van der Waals surface area contributed by atoms with Crippen LogP contribution in [0.15, 0.2) is 36.4 Å². The number of rotatable bonds is 5. The molecule has 0 aromatic heterocycles. The van der Waals surface area contributed by atoms with Gasteiger partial charge in [-0.3, -0.25) is 0 Å². The predicted octanol–water partition coefficient (Wildman–Crippen LogP) is 3.81. The number of ether oxygens (including phenoxy) is 1. The van der Waals surface area contributed by atoms with Gasteiger partial charge >= 0.3 is 0 Å². The van der Waals surface area contributed by atoms with E-state index < -0.39 is 0 Å². The van der Waals surface area contributed by atoms with Crippen molar-refractivity contribution in [2.75, 3.05) is 11.9 Å². The summed E-state index contributed by atoms with van der Waals surface area (Å²) in [7, 11) is 0. The van der Waals surface area contributed by atoms with Crippen molar-refractivity contribution < 1.29 is 19.3 Å². The molecule has 2 aromatic carbocycles. The van der Waals surface area contributed by atoms with Crippen LogP contribution >= 0.6 is 0 Å². The van der Waals surface area contributed by atoms with Gasteiger partial charge in [0.2, 0.25) is 0 Å². The van der Waals surface area contributed by atoms with Crippen molar-refractivity contribution in [3.05, 3.63) is 47.8 Å². The molecule has 4 nitrogen and oxygen atoms in total. The van der Waals surface area contributed by atoms with Gasteiger partial charge < -0.3 is 20.3 Å². The molecule has 0 spiro atoms. The monoisotopic (exact) mass is 291 g/mol. The van der Waals surface area contributed by atoms with Gasteiger partial charge in [0, 0.05) is 17.7 Å². The van der Waals surface area contributed by atoms with E-state index in [0.717, 1.165) is 0 Å². The fraction of sp³-hybridized carbons (Fsp3) is 0.250. The Labute approximate surface area is 122 Å². The zero-order valence-electron chi connectivity index (χ0n) is 11.9. The van der Waals surface area contributed by atoms with Crippen molar-refractivity contribution >= 4 is 5.69 Å². The third-order valence-corrected chi connectivity index (χ3v) is 3.10. The molecule has 0 aliphatic heterocycles. The van der Waals surface area contributed by atoms with Gasteiger partial charge in [-0.05, 0) is 38.1 Å². The molecule has 21 heavy (non-hydrogen) atoms. The number of phenolic OH excluding ortho intramolecular Hbond substituents is 2. The zero-order valence-corrected chi connectivity index (χ0v) is 11.9. The molecule has 0 bridgehead atoms. The Morgan fingerprint density at radius 1 is 1.19 bits per heavy atom. The fourth-order valence-electron chi connectivity index (χ4n) is 2.10. The smallest absolute Gasteiger partial charge is 0.145 e. The highest BCUT2D eigenvalue weighted by molar-refractivity contribution is 5.58. The molecule has 0 radical (unpaired) electrons. The molecule has 1 atom stereocenters. The minimum atomic E-state index is -0.371. The quantitative estimate of drug-likeness (QED) is 0.784. The summed E-state index contributed by atoms with van der Waals surface area (Å²) in [5, 5.41) is 22.3. The first-order chi connectivity index (χ1) is 10.0. The summed E-state index contributed by atoms with van der Waals surface area (Å²) in [6.45, 7) is 4.10. The van der Waals surface area contributed by atoms with E-state index in [-0.39, 0.29) is 23.4 Å². The molecular weight excluding hydrogens is 273 g/mol. The van der Waals surface area contributed by atoms with Crippen LogP contribution in [0.1, 0.15) is 25.5 Å². The molecule has 5 heteroatoms. The molecule has 3 N–H and O–H groups in total. The average molecular weight is 291 g/mol. The Hall–Kier alpha value is -2.43. The summed E-state index contributed by atoms with van der Waals surface area (Å²) in [6.07, 6.45) is 0. The molecule has 0 saturated heterocycles. The highest BCUT2D eigenvalue weighted by Gasteiger charge is 2.13. The third-order valence-electron chi connectivity index (χ3n) is 3.10. The van der Waals surface area contributed by atoms with Crippen molar-refractivity contribution in [1.82, 2.24) is 0 Å². The van der Waals surface area contributed by atoms with E-state index in [1.165, 1.54) is 24.3 Å². The molecular formula is C16H18FNO3. The van der Waals surface area contributed by atoms with Crippen molar-refractivity contribution in [3.63, 3.8) is 0 Å². The summed E-state index contributed by atoms with van der Waals surface area (Å²) < 4.78 is 18.7. The normalized spacial score (nSPS) is 12.0. The standard InChI is InChI=1S/C16H18FNO3/c1-3-21-16-8-11(17)4-7-14(16)18-10(2)13-6-5-12(19)9-15(13)20/h4-10,18-20H,3H2,1-2H3. The first-order valence-corrected chi connectivity index (χ1v) is 6.72. The van der Waals surface area contributed by atoms with Crippen LogP contribution in [0.25, 0.3) is 0 Å². The third kappa shape index (κ3) is 3.56. The molecule has 0 amide bonds. The van der Waals surface area contributed by atoms with Crippen molar-refractivity contribution in [3.8, 4) is 17.2 Å². The number of nitrogens with one attached hydrogen (secondary N) is 1. The van der Waals surface area contributed by atoms with Crippen LogP contribution in [-0.2, 0) is 0 Å². The van der Waals surface area contributed by atoms with Crippen LogP contribution in [0.4, 0.5) is 10.1 Å². The molecule has 0 aliphatic carbocycles. The Kier molecular flexibility index (Phi) is 4.52. The maximum absolute atomic E-state index is 13.3. The topological polar surface area (TPSA) is 61.7 Å². The van der Waals surface area contributed by atoms with Crippen LogP contribution in [0, 0.1) is 5.82 Å². The van der Waals surface area contributed by atoms with Crippen LogP contribution in [0.2, 0.25) is 0 Å². The fourth-order valence-corrected chi connectivity index (χ4v) is 2.10. The van der Waals surface area contributed by atoms with E-state index in [1.54, 1.807) is 12.1 Å². The second kappa shape index (κ2) is 6.35. The van der Waals surface area contributed by atoms with Gasteiger partial charge in [-0.2, -0.15) is 0 Å². The van der Waals surface area contributed by atoms with E-state index >= 15 is 0 Å². The van der Waals surface area contributed by atoms with Gasteiger partial charge in [0.1, 0.15) is 23.1 Å². The molecule has 2 rings (SSSR count). The summed E-state index contributed by atoms with van der Waals surface area (Å²) in [5.41, 5.74) is 1.26. The van der Waals surface area contributed by atoms with Crippen molar-refractivity contribution in [2.24, 2.45) is 0 Å². The molecule has 2 aromatic rings. The number of halogens is 1. The van der Waals surface area contributed by atoms with Gasteiger partial charge in [0.05, 0.1) is 18.3 Å². The number of benzene rings is 2. The Bertz CT molecular complexity index is 631. The highest BCUT2D eigenvalue weighted by atomic mass is 19.1. The van der Waals surface area contributed by atoms with Crippen LogP contribution < -0.4 is 10.1 Å². The minimum Gasteiger partial charge on any atom is -0.508 e. The highest BCUT2D eigenvalue weighted by Crippen LogP contribution is 2.33. The average Bonchev–Trinajstić information content (AvgIpc) is 2.42. The van der Waals surface area contributed by atoms with Gasteiger partial charge in [0.15, 0.2) is 0 Å². The largest absolute Gasteiger partial charge is 0.508 e. The number of aromatic hydroxyl groups is 2. The number of phenols is 2.